The van der Waals surface area contributed by atoms with Crippen LogP contribution >= 0.6 is 0 Å². The number of rotatable bonds is 7. The molecule has 2 aromatic carbocycles. The molecule has 3 aromatic rings. The van der Waals surface area contributed by atoms with Gasteiger partial charge in [-0.25, -0.2) is 0 Å². The van der Waals surface area contributed by atoms with Crippen molar-refractivity contribution in [3.8, 4) is 0 Å². The molecule has 0 aliphatic heterocycles. The maximum absolute atomic E-state index is 13.3. The van der Waals surface area contributed by atoms with Crippen LogP contribution in [0.2, 0.25) is 0 Å². The Hall–Kier alpha value is -3.80. The molecule has 0 spiro atoms. The van der Waals surface area contributed by atoms with E-state index in [1.807, 2.05) is 60.7 Å². The highest BCUT2D eigenvalue weighted by Crippen LogP contribution is 2.35. The quantitative estimate of drug-likeness (QED) is 0.447. The van der Waals surface area contributed by atoms with E-state index in [0.717, 1.165) is 17.5 Å². The van der Waals surface area contributed by atoms with Gasteiger partial charge in [-0.15, -0.1) is 0 Å². The van der Waals surface area contributed by atoms with Gasteiger partial charge in [0.1, 0.15) is 11.5 Å². The number of carbonyl (C=O) groups excluding carboxylic acids is 2. The summed E-state index contributed by atoms with van der Waals surface area (Å²) in [5.74, 6) is 0.642. The average molecular weight is 469 g/mol. The summed E-state index contributed by atoms with van der Waals surface area (Å²) in [6, 6.07) is 19.6. The van der Waals surface area contributed by atoms with E-state index < -0.39 is 0 Å². The number of aliphatic imine (C=N–C) groups is 1. The Kier molecular flexibility index (Phi) is 6.70. The molecule has 6 nitrogen and oxygen atoms in total. The first-order valence-electron chi connectivity index (χ1n) is 12.2. The lowest BCUT2D eigenvalue weighted by Gasteiger charge is -2.24. The molecule has 35 heavy (non-hydrogen) atoms. The minimum Gasteiger partial charge on any atom is -0.511 e. The molecule has 2 aliphatic rings. The third-order valence-electron chi connectivity index (χ3n) is 6.81. The van der Waals surface area contributed by atoms with Crippen LogP contribution in [0.3, 0.4) is 0 Å². The number of aliphatic hydroxyl groups is 1. The molecule has 1 atom stereocenters. The minimum atomic E-state index is -0.104. The maximum atomic E-state index is 13.3. The standard InChI is InChI=1S/C29H28N2O4/c32-24-12-7-13-27-29(24)23(31-35-27)15-14-22(30-18-19-8-3-1-4-9-19)28-25(33)16-21(17-26(28)34)20-10-5-2-6-11-20/h1-6,8-11,21,33H,7,12-18H2. The SMILES string of the molecule is O=C1CC(c2ccccc2)CC(O)=C1C(CCc1noc2c1C(=O)CCC2)=NCc1ccccc1. The summed E-state index contributed by atoms with van der Waals surface area (Å²) < 4.78 is 5.43. The first-order chi connectivity index (χ1) is 17.1. The molecule has 0 bridgehead atoms. The van der Waals surface area contributed by atoms with Gasteiger partial charge in [-0.3, -0.25) is 14.6 Å². The molecule has 2 aliphatic carbocycles. The van der Waals surface area contributed by atoms with Gasteiger partial charge >= 0.3 is 0 Å². The Balaban J connectivity index is 1.43. The third kappa shape index (κ3) is 5.02. The molecule has 5 rings (SSSR count). The molecular formula is C29H28N2O4. The molecule has 0 radical (unpaired) electrons. The van der Waals surface area contributed by atoms with Crippen molar-refractivity contribution in [1.29, 1.82) is 0 Å². The summed E-state index contributed by atoms with van der Waals surface area (Å²) in [6.07, 6.45) is 3.53. The molecule has 6 heteroatoms. The van der Waals surface area contributed by atoms with Crippen LogP contribution in [0, 0.1) is 0 Å². The van der Waals surface area contributed by atoms with Crippen molar-refractivity contribution in [3.05, 3.63) is 100 Å². The van der Waals surface area contributed by atoms with E-state index >= 15 is 0 Å². The molecular weight excluding hydrogens is 440 g/mol. The Morgan fingerprint density at radius 3 is 2.46 bits per heavy atom. The fourth-order valence-electron chi connectivity index (χ4n) is 5.03. The second-order valence-electron chi connectivity index (χ2n) is 9.21. The number of hydrogen-bond donors (Lipinski definition) is 1. The summed E-state index contributed by atoms with van der Waals surface area (Å²) in [5.41, 5.74) is 4.14. The molecule has 0 saturated heterocycles. The van der Waals surface area contributed by atoms with Crippen molar-refractivity contribution in [2.24, 2.45) is 4.99 Å². The van der Waals surface area contributed by atoms with Crippen molar-refractivity contribution in [2.45, 2.75) is 57.4 Å². The lowest BCUT2D eigenvalue weighted by atomic mass is 9.80. The highest BCUT2D eigenvalue weighted by molar-refractivity contribution is 6.23. The first-order valence-corrected chi connectivity index (χ1v) is 12.2. The fraction of sp³-hybridized carbons (Fsp3) is 0.310. The van der Waals surface area contributed by atoms with Crippen molar-refractivity contribution >= 4 is 17.3 Å². The highest BCUT2D eigenvalue weighted by atomic mass is 16.5. The van der Waals surface area contributed by atoms with Crippen LogP contribution in [-0.2, 0) is 24.2 Å². The van der Waals surface area contributed by atoms with Gasteiger partial charge in [-0.2, -0.15) is 0 Å². The zero-order chi connectivity index (χ0) is 24.2. The number of fused-ring (bicyclic) bond motifs is 1. The van der Waals surface area contributed by atoms with E-state index in [9.17, 15) is 14.7 Å². The predicted octanol–water partition coefficient (Wildman–Crippen LogP) is 5.73. The molecule has 0 amide bonds. The molecule has 1 unspecified atom stereocenters. The Morgan fingerprint density at radius 2 is 1.71 bits per heavy atom. The smallest absolute Gasteiger partial charge is 0.168 e. The van der Waals surface area contributed by atoms with Gasteiger partial charge in [0.25, 0.3) is 0 Å². The average Bonchev–Trinajstić information content (AvgIpc) is 3.30. The Bertz CT molecular complexity index is 1290. The monoisotopic (exact) mass is 468 g/mol. The molecule has 1 aromatic heterocycles. The number of aliphatic hydroxyl groups excluding tert-OH is 1. The third-order valence-corrected chi connectivity index (χ3v) is 6.81. The fourth-order valence-corrected chi connectivity index (χ4v) is 5.03. The van der Waals surface area contributed by atoms with Crippen LogP contribution in [-0.4, -0.2) is 27.5 Å². The van der Waals surface area contributed by atoms with Crippen LogP contribution in [0.15, 0.2) is 81.5 Å². The van der Waals surface area contributed by atoms with Crippen molar-refractivity contribution in [1.82, 2.24) is 5.16 Å². The zero-order valence-electron chi connectivity index (χ0n) is 19.6. The lowest BCUT2D eigenvalue weighted by molar-refractivity contribution is -0.116. The number of allylic oxidation sites excluding steroid dienone is 2. The predicted molar refractivity (Wildman–Crippen MR) is 133 cm³/mol. The van der Waals surface area contributed by atoms with Crippen molar-refractivity contribution < 1.29 is 19.2 Å². The van der Waals surface area contributed by atoms with E-state index in [-0.39, 0.29) is 23.2 Å². The maximum Gasteiger partial charge on any atom is 0.168 e. The van der Waals surface area contributed by atoms with Crippen LogP contribution < -0.4 is 0 Å². The summed E-state index contributed by atoms with van der Waals surface area (Å²) in [4.78, 5) is 30.5. The second-order valence-corrected chi connectivity index (χ2v) is 9.21. The van der Waals surface area contributed by atoms with E-state index in [1.165, 1.54) is 0 Å². The molecule has 1 heterocycles. The summed E-state index contributed by atoms with van der Waals surface area (Å²) in [7, 11) is 0. The van der Waals surface area contributed by atoms with Crippen LogP contribution in [0.1, 0.15) is 71.0 Å². The summed E-state index contributed by atoms with van der Waals surface area (Å²) in [6.45, 7) is 0.401. The number of aromatic nitrogens is 1. The van der Waals surface area contributed by atoms with E-state index in [1.54, 1.807) is 0 Å². The van der Waals surface area contributed by atoms with Gasteiger partial charge in [-0.1, -0.05) is 65.8 Å². The van der Waals surface area contributed by atoms with Gasteiger partial charge in [0.05, 0.1) is 23.4 Å². The Labute approximate surface area is 204 Å². The molecule has 0 fully saturated rings. The Morgan fingerprint density at radius 1 is 0.971 bits per heavy atom. The van der Waals surface area contributed by atoms with Crippen molar-refractivity contribution in [3.63, 3.8) is 0 Å². The van der Waals surface area contributed by atoms with Gasteiger partial charge in [-0.05, 0) is 36.3 Å². The largest absolute Gasteiger partial charge is 0.511 e. The number of ketones is 2. The first kappa shape index (κ1) is 23.0. The van der Waals surface area contributed by atoms with E-state index in [4.69, 9.17) is 9.52 Å². The van der Waals surface area contributed by atoms with Crippen LogP contribution in [0.4, 0.5) is 0 Å². The van der Waals surface area contributed by atoms with Gasteiger partial charge < -0.3 is 9.63 Å². The van der Waals surface area contributed by atoms with Crippen molar-refractivity contribution in [2.75, 3.05) is 0 Å². The highest BCUT2D eigenvalue weighted by Gasteiger charge is 2.32. The molecule has 178 valence electrons. The normalized spacial score (nSPS) is 18.6. The number of benzene rings is 2. The number of carbonyl (C=O) groups is 2. The summed E-state index contributed by atoms with van der Waals surface area (Å²) >= 11 is 0. The van der Waals surface area contributed by atoms with Crippen LogP contribution in [0.25, 0.3) is 0 Å². The number of aryl methyl sites for hydroxylation is 2. The van der Waals surface area contributed by atoms with Gasteiger partial charge in [0.2, 0.25) is 0 Å². The van der Waals surface area contributed by atoms with Crippen LogP contribution in [0.5, 0.6) is 0 Å². The minimum absolute atomic E-state index is 0.0528. The second kappa shape index (κ2) is 10.2. The topological polar surface area (TPSA) is 92.8 Å². The lowest BCUT2D eigenvalue weighted by Crippen LogP contribution is -2.24. The van der Waals surface area contributed by atoms with Gasteiger partial charge in [0, 0.05) is 31.4 Å². The zero-order valence-corrected chi connectivity index (χ0v) is 19.6. The number of hydrogen-bond acceptors (Lipinski definition) is 6. The summed E-state index contributed by atoms with van der Waals surface area (Å²) in [5, 5.41) is 15.2. The number of Topliss-reactive ketones (excluding diaryl/α,β-unsaturated/α-hetero) is 2. The number of nitrogens with zero attached hydrogens (tertiary/aromatic N) is 2. The van der Waals surface area contributed by atoms with Gasteiger partial charge in [0.15, 0.2) is 11.6 Å². The molecule has 1 N–H and O–H groups in total. The van der Waals surface area contributed by atoms with E-state index in [0.29, 0.717) is 73.4 Å². The van der Waals surface area contributed by atoms with E-state index in [2.05, 4.69) is 5.16 Å². The molecule has 0 saturated carbocycles.